The smallest absolute Gasteiger partial charge is 0.273 e. The molecule has 7 nitrogen and oxygen atoms in total. The van der Waals surface area contributed by atoms with Crippen LogP contribution in [0.1, 0.15) is 35.1 Å². The van der Waals surface area contributed by atoms with Gasteiger partial charge in [0.2, 0.25) is 0 Å². The summed E-state index contributed by atoms with van der Waals surface area (Å²) in [6.45, 7) is 0.689. The molecule has 3 aromatic heterocycles. The maximum atomic E-state index is 12.8. The number of aromatic amines is 1. The normalized spacial score (nSPS) is 17.2. The molecule has 0 radical (unpaired) electrons. The van der Waals surface area contributed by atoms with Gasteiger partial charge in [0.1, 0.15) is 11.4 Å². The first-order valence-corrected chi connectivity index (χ1v) is 7.87. The minimum atomic E-state index is -0.117. The van der Waals surface area contributed by atoms with Gasteiger partial charge >= 0.3 is 0 Å². The molecule has 1 fully saturated rings. The number of H-pyrrole nitrogens is 1. The highest BCUT2D eigenvalue weighted by atomic mass is 16.2. The first-order chi connectivity index (χ1) is 11.8. The number of imidazole rings is 1. The highest BCUT2D eigenvalue weighted by Gasteiger charge is 2.34. The van der Waals surface area contributed by atoms with Crippen LogP contribution in [0.25, 0.3) is 11.5 Å². The van der Waals surface area contributed by atoms with Crippen LogP contribution in [0.15, 0.2) is 49.2 Å². The highest BCUT2D eigenvalue weighted by Crippen LogP contribution is 2.35. The minimum absolute atomic E-state index is 0.0749. The Kier molecular flexibility index (Phi) is 3.74. The van der Waals surface area contributed by atoms with Gasteiger partial charge in [0.05, 0.1) is 11.7 Å². The van der Waals surface area contributed by atoms with Crippen molar-refractivity contribution in [3.8, 4) is 11.5 Å². The first-order valence-electron chi connectivity index (χ1n) is 7.87. The fraction of sp³-hybridized carbons (Fsp3) is 0.235. The van der Waals surface area contributed by atoms with E-state index in [1.807, 2.05) is 11.0 Å². The zero-order chi connectivity index (χ0) is 16.4. The molecule has 1 atom stereocenters. The van der Waals surface area contributed by atoms with E-state index in [9.17, 15) is 4.79 Å². The Morgan fingerprint density at radius 1 is 1.08 bits per heavy atom. The Labute approximate surface area is 138 Å². The zero-order valence-electron chi connectivity index (χ0n) is 13.0. The van der Waals surface area contributed by atoms with Crippen LogP contribution < -0.4 is 0 Å². The molecule has 3 aromatic rings. The number of nitrogens with one attached hydrogen (secondary N) is 1. The molecule has 7 heteroatoms. The van der Waals surface area contributed by atoms with Crippen LogP contribution in [0, 0.1) is 0 Å². The third kappa shape index (κ3) is 2.54. The van der Waals surface area contributed by atoms with Crippen molar-refractivity contribution in [1.82, 2.24) is 29.8 Å². The van der Waals surface area contributed by atoms with Crippen LogP contribution >= 0.6 is 0 Å². The lowest BCUT2D eigenvalue weighted by molar-refractivity contribution is 0.0727. The van der Waals surface area contributed by atoms with Gasteiger partial charge in [-0.15, -0.1) is 0 Å². The van der Waals surface area contributed by atoms with Gasteiger partial charge in [-0.2, -0.15) is 0 Å². The Bertz CT molecular complexity index is 833. The van der Waals surface area contributed by atoms with E-state index in [0.717, 1.165) is 18.5 Å². The predicted molar refractivity (Wildman–Crippen MR) is 86.9 cm³/mol. The molecule has 4 heterocycles. The number of pyridine rings is 1. The monoisotopic (exact) mass is 320 g/mol. The predicted octanol–water partition coefficient (Wildman–Crippen LogP) is 2.24. The maximum absolute atomic E-state index is 12.8. The lowest BCUT2D eigenvalue weighted by atomic mass is 10.1. The summed E-state index contributed by atoms with van der Waals surface area (Å²) in [6.07, 6.45) is 10.1. The molecule has 4 rings (SSSR count). The average molecular weight is 320 g/mol. The topological polar surface area (TPSA) is 87.7 Å². The van der Waals surface area contributed by atoms with E-state index in [2.05, 4.69) is 24.9 Å². The maximum Gasteiger partial charge on any atom is 0.273 e. The molecule has 0 bridgehead atoms. The van der Waals surface area contributed by atoms with Crippen LogP contribution in [0.4, 0.5) is 0 Å². The molecule has 120 valence electrons. The van der Waals surface area contributed by atoms with Crippen molar-refractivity contribution >= 4 is 5.91 Å². The molecule has 0 unspecified atom stereocenters. The van der Waals surface area contributed by atoms with E-state index in [1.54, 1.807) is 43.1 Å². The number of carbonyl (C=O) groups excluding carboxylic acids is 1. The third-order valence-electron chi connectivity index (χ3n) is 4.16. The molecule has 1 N–H and O–H groups in total. The Morgan fingerprint density at radius 3 is 2.79 bits per heavy atom. The molecule has 1 amide bonds. The van der Waals surface area contributed by atoms with E-state index < -0.39 is 0 Å². The fourth-order valence-corrected chi connectivity index (χ4v) is 3.10. The second-order valence-corrected chi connectivity index (χ2v) is 5.60. The average Bonchev–Trinajstić information content (AvgIpc) is 3.33. The van der Waals surface area contributed by atoms with Gasteiger partial charge < -0.3 is 9.88 Å². The summed E-state index contributed by atoms with van der Waals surface area (Å²) < 4.78 is 0. The number of nitrogens with zero attached hydrogens (tertiary/aromatic N) is 5. The van der Waals surface area contributed by atoms with Gasteiger partial charge in [-0.05, 0) is 25.0 Å². The Balaban J connectivity index is 1.70. The number of rotatable bonds is 3. The summed E-state index contributed by atoms with van der Waals surface area (Å²) in [5.41, 5.74) is 1.91. The number of amides is 1. The van der Waals surface area contributed by atoms with Crippen molar-refractivity contribution in [3.63, 3.8) is 0 Å². The largest absolute Gasteiger partial charge is 0.343 e. The number of likely N-dealkylation sites (tertiary alicyclic amines) is 1. The number of aromatic nitrogens is 5. The molecular weight excluding hydrogens is 304 g/mol. The fourth-order valence-electron chi connectivity index (χ4n) is 3.10. The minimum Gasteiger partial charge on any atom is -0.343 e. The SMILES string of the molecule is O=C(c1ccccn1)N1CCC[C@@H]1c1nccnc1-c1ncc[nH]1. The van der Waals surface area contributed by atoms with Gasteiger partial charge in [-0.1, -0.05) is 6.07 Å². The Hall–Kier alpha value is -3.09. The van der Waals surface area contributed by atoms with E-state index in [1.165, 1.54) is 0 Å². The molecular formula is C17H16N6O. The van der Waals surface area contributed by atoms with Crippen molar-refractivity contribution in [2.45, 2.75) is 18.9 Å². The van der Waals surface area contributed by atoms with Crippen LogP contribution in [-0.4, -0.2) is 42.3 Å². The standard InChI is InChI=1S/C17H16N6O/c24-17(12-4-1-2-6-18-12)23-11-3-5-13(23)14-15(20-8-7-19-14)16-21-9-10-22-16/h1-2,4,6-10,13H,3,5,11H2,(H,21,22)/t13-/m1/s1. The van der Waals surface area contributed by atoms with Crippen molar-refractivity contribution in [2.75, 3.05) is 6.54 Å². The summed E-state index contributed by atoms with van der Waals surface area (Å²) in [4.78, 5) is 35.1. The lowest BCUT2D eigenvalue weighted by Gasteiger charge is -2.24. The number of carbonyl (C=O) groups is 1. The quantitative estimate of drug-likeness (QED) is 0.799. The van der Waals surface area contributed by atoms with Crippen molar-refractivity contribution in [1.29, 1.82) is 0 Å². The van der Waals surface area contributed by atoms with Crippen LogP contribution in [0.5, 0.6) is 0 Å². The molecule has 1 aliphatic rings. The molecule has 0 spiro atoms. The van der Waals surface area contributed by atoms with E-state index in [-0.39, 0.29) is 11.9 Å². The number of hydrogen-bond donors (Lipinski definition) is 1. The van der Waals surface area contributed by atoms with E-state index >= 15 is 0 Å². The van der Waals surface area contributed by atoms with Gasteiger partial charge in [-0.3, -0.25) is 14.8 Å². The van der Waals surface area contributed by atoms with Crippen LogP contribution in [0.2, 0.25) is 0 Å². The van der Waals surface area contributed by atoms with E-state index in [4.69, 9.17) is 0 Å². The van der Waals surface area contributed by atoms with E-state index in [0.29, 0.717) is 23.8 Å². The summed E-state index contributed by atoms with van der Waals surface area (Å²) >= 11 is 0. The summed E-state index contributed by atoms with van der Waals surface area (Å²) in [6, 6.07) is 5.24. The third-order valence-corrected chi connectivity index (χ3v) is 4.16. The Morgan fingerprint density at radius 2 is 2.00 bits per heavy atom. The molecule has 0 aliphatic carbocycles. The summed E-state index contributed by atoms with van der Waals surface area (Å²) in [5, 5.41) is 0. The van der Waals surface area contributed by atoms with Gasteiger partial charge in [-0.25, -0.2) is 9.97 Å². The highest BCUT2D eigenvalue weighted by molar-refractivity contribution is 5.92. The second-order valence-electron chi connectivity index (χ2n) is 5.60. The van der Waals surface area contributed by atoms with Crippen molar-refractivity contribution < 1.29 is 4.79 Å². The molecule has 24 heavy (non-hydrogen) atoms. The molecule has 0 saturated carbocycles. The summed E-state index contributed by atoms with van der Waals surface area (Å²) in [5.74, 6) is 0.587. The summed E-state index contributed by atoms with van der Waals surface area (Å²) in [7, 11) is 0. The van der Waals surface area contributed by atoms with Crippen molar-refractivity contribution in [3.05, 3.63) is 60.6 Å². The molecule has 1 saturated heterocycles. The van der Waals surface area contributed by atoms with Gasteiger partial charge in [0, 0.05) is 37.5 Å². The van der Waals surface area contributed by atoms with Crippen LogP contribution in [0.3, 0.4) is 0 Å². The lowest BCUT2D eigenvalue weighted by Crippen LogP contribution is -2.32. The second kappa shape index (κ2) is 6.19. The molecule has 0 aromatic carbocycles. The van der Waals surface area contributed by atoms with Crippen molar-refractivity contribution in [2.24, 2.45) is 0 Å². The first kappa shape index (κ1) is 14.5. The van der Waals surface area contributed by atoms with Crippen LogP contribution in [-0.2, 0) is 0 Å². The molecule has 1 aliphatic heterocycles. The number of hydrogen-bond acceptors (Lipinski definition) is 5. The zero-order valence-corrected chi connectivity index (χ0v) is 13.0. The van der Waals surface area contributed by atoms with Gasteiger partial charge in [0.15, 0.2) is 5.82 Å². The van der Waals surface area contributed by atoms with Gasteiger partial charge in [0.25, 0.3) is 5.91 Å².